The molecule has 0 aromatic heterocycles. The highest BCUT2D eigenvalue weighted by atomic mass is 19.1. The van der Waals surface area contributed by atoms with Gasteiger partial charge in [-0.3, -0.25) is 0 Å². The van der Waals surface area contributed by atoms with Gasteiger partial charge < -0.3 is 10.1 Å². The van der Waals surface area contributed by atoms with Crippen molar-refractivity contribution in [2.24, 2.45) is 5.92 Å². The first-order valence-corrected chi connectivity index (χ1v) is 6.02. The molecule has 0 heterocycles. The molecule has 1 aromatic carbocycles. The van der Waals surface area contributed by atoms with Crippen molar-refractivity contribution in [2.75, 3.05) is 13.2 Å². The minimum Gasteiger partial charge on any atom is -0.486 e. The number of rotatable bonds is 6. The zero-order valence-corrected chi connectivity index (χ0v) is 9.88. The number of benzene rings is 1. The molecule has 0 saturated heterocycles. The van der Waals surface area contributed by atoms with Crippen LogP contribution in [0.4, 0.5) is 8.78 Å². The van der Waals surface area contributed by atoms with Gasteiger partial charge in [0.05, 0.1) is 0 Å². The van der Waals surface area contributed by atoms with Crippen molar-refractivity contribution in [3.05, 3.63) is 29.8 Å². The first kappa shape index (κ1) is 12.3. The van der Waals surface area contributed by atoms with Crippen LogP contribution in [-0.4, -0.2) is 19.2 Å². The molecule has 0 bridgehead atoms. The topological polar surface area (TPSA) is 21.3 Å². The summed E-state index contributed by atoms with van der Waals surface area (Å²) in [6, 6.07) is 3.94. The van der Waals surface area contributed by atoms with Crippen LogP contribution in [0.3, 0.4) is 0 Å². The third-order valence-corrected chi connectivity index (χ3v) is 2.98. The van der Waals surface area contributed by atoms with Crippen molar-refractivity contribution < 1.29 is 13.5 Å². The monoisotopic (exact) mass is 241 g/mol. The van der Waals surface area contributed by atoms with Crippen molar-refractivity contribution in [3.63, 3.8) is 0 Å². The summed E-state index contributed by atoms with van der Waals surface area (Å²) in [7, 11) is 0. The normalized spacial score (nSPS) is 16.9. The number of likely N-dealkylation sites (N-methyl/N-ethyl adjacent to an activating group) is 1. The molecule has 4 heteroatoms. The second kappa shape index (κ2) is 5.45. The standard InChI is InChI=1S/C13H17F2NO/c1-2-16-12(9-6-7-9)8-17-13-10(14)4-3-5-11(13)15/h3-5,9,12,16H,2,6-8H2,1H3. The van der Waals surface area contributed by atoms with E-state index in [2.05, 4.69) is 5.32 Å². The molecule has 1 aliphatic carbocycles. The summed E-state index contributed by atoms with van der Waals surface area (Å²) in [5.41, 5.74) is 0. The molecule has 1 aromatic rings. The fourth-order valence-electron chi connectivity index (χ4n) is 1.92. The lowest BCUT2D eigenvalue weighted by Gasteiger charge is -2.18. The minimum absolute atomic E-state index is 0.194. The smallest absolute Gasteiger partial charge is 0.190 e. The van der Waals surface area contributed by atoms with Gasteiger partial charge in [0.2, 0.25) is 0 Å². The van der Waals surface area contributed by atoms with E-state index in [1.807, 2.05) is 6.92 Å². The van der Waals surface area contributed by atoms with E-state index in [1.165, 1.54) is 31.0 Å². The number of halogens is 2. The highest BCUT2D eigenvalue weighted by Crippen LogP contribution is 2.33. The summed E-state index contributed by atoms with van der Waals surface area (Å²) in [6.07, 6.45) is 2.33. The SMILES string of the molecule is CCNC(COc1c(F)cccc1F)C1CC1. The Morgan fingerprint density at radius 1 is 1.35 bits per heavy atom. The quantitative estimate of drug-likeness (QED) is 0.826. The van der Waals surface area contributed by atoms with Crippen molar-refractivity contribution in [1.82, 2.24) is 5.32 Å². The van der Waals surface area contributed by atoms with Crippen LogP contribution >= 0.6 is 0 Å². The molecule has 1 atom stereocenters. The lowest BCUT2D eigenvalue weighted by atomic mass is 10.2. The molecule has 94 valence electrons. The van der Waals surface area contributed by atoms with E-state index in [1.54, 1.807) is 0 Å². The molecule has 2 rings (SSSR count). The highest BCUT2D eigenvalue weighted by Gasteiger charge is 2.31. The van der Waals surface area contributed by atoms with Crippen LogP contribution in [0.5, 0.6) is 5.75 Å². The van der Waals surface area contributed by atoms with E-state index >= 15 is 0 Å². The minimum atomic E-state index is -0.643. The van der Waals surface area contributed by atoms with Crippen molar-refractivity contribution in [1.29, 1.82) is 0 Å². The Kier molecular flexibility index (Phi) is 3.94. The summed E-state index contributed by atoms with van der Waals surface area (Å²) < 4.78 is 31.9. The molecule has 0 radical (unpaired) electrons. The zero-order valence-electron chi connectivity index (χ0n) is 9.88. The van der Waals surface area contributed by atoms with Crippen molar-refractivity contribution in [3.8, 4) is 5.75 Å². The van der Waals surface area contributed by atoms with Crippen LogP contribution in [0.1, 0.15) is 19.8 Å². The maximum Gasteiger partial charge on any atom is 0.190 e. The van der Waals surface area contributed by atoms with E-state index < -0.39 is 11.6 Å². The lowest BCUT2D eigenvalue weighted by Crippen LogP contribution is -2.36. The number of hydrogen-bond acceptors (Lipinski definition) is 2. The Bertz CT molecular complexity index is 359. The second-order valence-electron chi connectivity index (χ2n) is 4.36. The average molecular weight is 241 g/mol. The molecule has 1 N–H and O–H groups in total. The average Bonchev–Trinajstić information content (AvgIpc) is 3.10. The van der Waals surface area contributed by atoms with Crippen LogP contribution in [0.2, 0.25) is 0 Å². The van der Waals surface area contributed by atoms with E-state index in [-0.39, 0.29) is 11.8 Å². The Balaban J connectivity index is 1.95. The van der Waals surface area contributed by atoms with Crippen LogP contribution in [0, 0.1) is 17.6 Å². The second-order valence-corrected chi connectivity index (χ2v) is 4.36. The molecule has 2 nitrogen and oxygen atoms in total. The predicted octanol–water partition coefficient (Wildman–Crippen LogP) is 2.73. The van der Waals surface area contributed by atoms with Crippen molar-refractivity contribution in [2.45, 2.75) is 25.8 Å². The van der Waals surface area contributed by atoms with Crippen LogP contribution in [-0.2, 0) is 0 Å². The van der Waals surface area contributed by atoms with E-state index in [4.69, 9.17) is 4.74 Å². The molecule has 0 amide bonds. The molecule has 1 fully saturated rings. The maximum absolute atomic E-state index is 13.3. The molecule has 1 saturated carbocycles. The lowest BCUT2D eigenvalue weighted by molar-refractivity contribution is 0.232. The van der Waals surface area contributed by atoms with Crippen LogP contribution in [0.25, 0.3) is 0 Å². The summed E-state index contributed by atoms with van der Waals surface area (Å²) in [4.78, 5) is 0. The highest BCUT2D eigenvalue weighted by molar-refractivity contribution is 5.26. The van der Waals surface area contributed by atoms with Crippen molar-refractivity contribution >= 4 is 0 Å². The van der Waals surface area contributed by atoms with E-state index in [0.717, 1.165) is 6.54 Å². The number of nitrogens with one attached hydrogen (secondary N) is 1. The van der Waals surface area contributed by atoms with E-state index in [0.29, 0.717) is 12.5 Å². The van der Waals surface area contributed by atoms with Gasteiger partial charge in [0.15, 0.2) is 17.4 Å². The third kappa shape index (κ3) is 3.16. The molecule has 0 aliphatic heterocycles. The molecule has 1 unspecified atom stereocenters. The van der Waals surface area contributed by atoms with Gasteiger partial charge in [0.25, 0.3) is 0 Å². The van der Waals surface area contributed by atoms with Gasteiger partial charge in [-0.25, -0.2) is 8.78 Å². The largest absolute Gasteiger partial charge is 0.486 e. The Morgan fingerprint density at radius 2 is 2.00 bits per heavy atom. The fourth-order valence-corrected chi connectivity index (χ4v) is 1.92. The Hall–Kier alpha value is -1.16. The predicted molar refractivity (Wildman–Crippen MR) is 62.0 cm³/mol. The Morgan fingerprint density at radius 3 is 2.53 bits per heavy atom. The maximum atomic E-state index is 13.3. The summed E-state index contributed by atoms with van der Waals surface area (Å²) in [6.45, 7) is 3.17. The third-order valence-electron chi connectivity index (χ3n) is 2.98. The summed E-state index contributed by atoms with van der Waals surface area (Å²) in [5, 5.41) is 3.28. The molecule has 0 spiro atoms. The van der Waals surface area contributed by atoms with Gasteiger partial charge in [0.1, 0.15) is 6.61 Å². The van der Waals surface area contributed by atoms with Gasteiger partial charge >= 0.3 is 0 Å². The van der Waals surface area contributed by atoms with Gasteiger partial charge in [0, 0.05) is 6.04 Å². The van der Waals surface area contributed by atoms with Crippen LogP contribution < -0.4 is 10.1 Å². The zero-order chi connectivity index (χ0) is 12.3. The number of hydrogen-bond donors (Lipinski definition) is 1. The van der Waals surface area contributed by atoms with Gasteiger partial charge in [-0.15, -0.1) is 0 Å². The van der Waals surface area contributed by atoms with Gasteiger partial charge in [-0.1, -0.05) is 13.0 Å². The molecule has 1 aliphatic rings. The van der Waals surface area contributed by atoms with Gasteiger partial charge in [-0.2, -0.15) is 0 Å². The van der Waals surface area contributed by atoms with Crippen LogP contribution in [0.15, 0.2) is 18.2 Å². The number of para-hydroxylation sites is 1. The molecular weight excluding hydrogens is 224 g/mol. The Labute approximate surface area is 100.0 Å². The van der Waals surface area contributed by atoms with Gasteiger partial charge in [-0.05, 0) is 37.4 Å². The number of ether oxygens (including phenoxy) is 1. The molecular formula is C13H17F2NO. The molecule has 17 heavy (non-hydrogen) atoms. The fraction of sp³-hybridized carbons (Fsp3) is 0.538. The summed E-state index contributed by atoms with van der Waals surface area (Å²) in [5.74, 6) is -0.965. The first-order chi connectivity index (χ1) is 8.22. The first-order valence-electron chi connectivity index (χ1n) is 6.02. The summed E-state index contributed by atoms with van der Waals surface area (Å²) >= 11 is 0. The van der Waals surface area contributed by atoms with E-state index in [9.17, 15) is 8.78 Å².